The molecular weight excluding hydrogens is 745 g/mol. The number of aromatic nitrogens is 4. The van der Waals surface area contributed by atoms with E-state index >= 15 is 0 Å². The molecule has 13 atom stereocenters. The molecule has 0 aromatic carbocycles. The van der Waals surface area contributed by atoms with Crippen molar-refractivity contribution < 1.29 is 48.0 Å². The van der Waals surface area contributed by atoms with Crippen LogP contribution in [0.4, 0.5) is 4.79 Å². The zero-order valence-corrected chi connectivity index (χ0v) is 34.9. The Morgan fingerprint density at radius 2 is 1.80 bits per heavy atom. The molecule has 0 bridgehead atoms. The van der Waals surface area contributed by atoms with Crippen LogP contribution in [0, 0.1) is 35.5 Å². The summed E-state index contributed by atoms with van der Waals surface area (Å²) < 4.78 is 32.8. The van der Waals surface area contributed by atoms with Crippen molar-refractivity contribution in [2.24, 2.45) is 30.7 Å². The number of amides is 1. The number of ketones is 2. The number of fused-ring (bicyclic) bond motifs is 1. The number of esters is 1. The number of hydrogen-bond donors (Lipinski definition) is 2. The van der Waals surface area contributed by atoms with Crippen molar-refractivity contribution in [1.82, 2.24) is 30.4 Å². The Morgan fingerprint density at radius 3 is 2.45 bits per heavy atom. The number of likely N-dealkylation sites (N-methyl/N-ethyl adjacent to an activating group) is 1. The first-order valence-corrected chi connectivity index (χ1v) is 20.0. The van der Waals surface area contributed by atoms with Gasteiger partial charge in [0.15, 0.2) is 23.5 Å². The summed E-state index contributed by atoms with van der Waals surface area (Å²) in [5.74, 6) is 1.50. The van der Waals surface area contributed by atoms with Crippen LogP contribution in [-0.4, -0.2) is 129 Å². The number of carbonyl (C=O) groups is 4. The topological polar surface area (TPSA) is 194 Å². The molecule has 3 aliphatic heterocycles. The molecule has 3 saturated heterocycles. The number of Topliss-reactive ketones (excluding diaryl/α,β-unsaturated/α-hetero) is 2. The Balaban J connectivity index is 1.55. The second kappa shape index (κ2) is 17.4. The average Bonchev–Trinajstić information content (AvgIpc) is 3.88. The molecule has 2 N–H and O–H groups in total. The minimum Gasteiger partial charge on any atom is -0.458 e. The van der Waals surface area contributed by atoms with Gasteiger partial charge in [0.2, 0.25) is 0 Å². The highest BCUT2D eigenvalue weighted by Crippen LogP contribution is 2.40. The minimum absolute atomic E-state index is 0.0478. The van der Waals surface area contributed by atoms with Crippen molar-refractivity contribution in [1.29, 1.82) is 0 Å². The molecule has 0 unspecified atom stereocenters. The summed E-state index contributed by atoms with van der Waals surface area (Å²) in [5, 5.41) is 26.0. The molecule has 56 heavy (non-hydrogen) atoms. The first kappa shape index (κ1) is 43.3. The van der Waals surface area contributed by atoms with E-state index in [-0.39, 0.29) is 37.4 Å². The highest BCUT2D eigenvalue weighted by molar-refractivity contribution is 7.15. The number of hydrogen-bond acceptors (Lipinski definition) is 15. The maximum atomic E-state index is 14.4. The van der Waals surface area contributed by atoms with E-state index in [1.54, 1.807) is 53.3 Å². The summed E-state index contributed by atoms with van der Waals surface area (Å²) in [6.45, 7) is 13.5. The maximum Gasteiger partial charge on any atom is 0.408 e. The SMILES string of the molecule is CC[C@H]1OC(=O)[C@H](C)C(=O)[C@H](C)[C@@H](O[C@@H]2O[C@H](C)C[C@H](N(C)C)[C@H]2O)[C@@](C)(OCC#Cc2ccc(-c3nnnn3C)s2)C[C@@H](C)C(=O)[C@H](C)[C@H]2NC(=O)O[C@@]21C. The van der Waals surface area contributed by atoms with E-state index < -0.39 is 83.4 Å². The van der Waals surface area contributed by atoms with Gasteiger partial charge in [-0.15, -0.1) is 16.4 Å². The molecule has 1 amide bonds. The second-order valence-electron chi connectivity index (χ2n) is 16.1. The van der Waals surface area contributed by atoms with Gasteiger partial charge in [-0.2, -0.15) is 0 Å². The molecule has 17 heteroatoms. The fourth-order valence-corrected chi connectivity index (χ4v) is 9.31. The van der Waals surface area contributed by atoms with Crippen LogP contribution in [0.5, 0.6) is 0 Å². The fourth-order valence-electron chi connectivity index (χ4n) is 8.41. The van der Waals surface area contributed by atoms with Gasteiger partial charge in [0.25, 0.3) is 0 Å². The predicted molar refractivity (Wildman–Crippen MR) is 204 cm³/mol. The van der Waals surface area contributed by atoms with E-state index in [4.69, 9.17) is 23.7 Å². The van der Waals surface area contributed by atoms with Crippen LogP contribution in [0.3, 0.4) is 0 Å². The Hall–Kier alpha value is -3.79. The molecule has 2 aromatic heterocycles. The summed E-state index contributed by atoms with van der Waals surface area (Å²) in [4.78, 5) is 58.8. The first-order chi connectivity index (χ1) is 26.3. The molecular formula is C39H56N6O10S. The molecule has 5 rings (SSSR count). The zero-order valence-electron chi connectivity index (χ0n) is 34.1. The normalized spacial score (nSPS) is 37.2. The van der Waals surface area contributed by atoms with Crippen molar-refractivity contribution in [3.05, 3.63) is 17.0 Å². The summed E-state index contributed by atoms with van der Waals surface area (Å²) in [5.41, 5.74) is -2.81. The Bertz CT molecular complexity index is 1820. The van der Waals surface area contributed by atoms with Gasteiger partial charge in [0.1, 0.15) is 30.5 Å². The number of nitrogens with zero attached hydrogens (tertiary/aromatic N) is 5. The van der Waals surface area contributed by atoms with Gasteiger partial charge in [-0.1, -0.05) is 39.5 Å². The number of nitrogens with one attached hydrogen (secondary N) is 1. The van der Waals surface area contributed by atoms with Crippen molar-refractivity contribution in [2.45, 2.75) is 129 Å². The third-order valence-electron chi connectivity index (χ3n) is 11.6. The predicted octanol–water partition coefficient (Wildman–Crippen LogP) is 3.15. The number of alkyl carbamates (subject to hydrolysis) is 1. The lowest BCUT2D eigenvalue weighted by Crippen LogP contribution is -2.60. The van der Waals surface area contributed by atoms with E-state index in [1.807, 2.05) is 38.1 Å². The molecule has 2 aromatic rings. The molecule has 0 saturated carbocycles. The highest BCUT2D eigenvalue weighted by Gasteiger charge is 2.57. The molecule has 0 radical (unpaired) electrons. The Kier molecular flexibility index (Phi) is 13.4. The first-order valence-electron chi connectivity index (χ1n) is 19.2. The largest absolute Gasteiger partial charge is 0.458 e. The van der Waals surface area contributed by atoms with Gasteiger partial charge >= 0.3 is 12.1 Å². The van der Waals surface area contributed by atoms with Gasteiger partial charge in [-0.05, 0) is 83.6 Å². The van der Waals surface area contributed by atoms with Crippen LogP contribution >= 0.6 is 11.3 Å². The minimum atomic E-state index is -1.42. The molecule has 3 aliphatic rings. The monoisotopic (exact) mass is 800 g/mol. The van der Waals surface area contributed by atoms with Crippen LogP contribution in [0.2, 0.25) is 0 Å². The van der Waals surface area contributed by atoms with Crippen molar-refractivity contribution in [2.75, 3.05) is 20.7 Å². The van der Waals surface area contributed by atoms with Crippen LogP contribution < -0.4 is 5.32 Å². The average molecular weight is 801 g/mol. The van der Waals surface area contributed by atoms with Gasteiger partial charge in [0, 0.05) is 30.8 Å². The number of aliphatic hydroxyl groups excluding tert-OH is 1. The van der Waals surface area contributed by atoms with E-state index in [0.717, 1.165) is 9.75 Å². The number of carbonyl (C=O) groups excluding carboxylic acids is 4. The number of rotatable bonds is 7. The molecule has 5 heterocycles. The van der Waals surface area contributed by atoms with Gasteiger partial charge in [-0.3, -0.25) is 14.4 Å². The summed E-state index contributed by atoms with van der Waals surface area (Å²) in [7, 11) is 5.47. The third kappa shape index (κ3) is 8.85. The van der Waals surface area contributed by atoms with Crippen LogP contribution in [0.15, 0.2) is 12.1 Å². The molecule has 0 aliphatic carbocycles. The number of thiophene rings is 1. The van der Waals surface area contributed by atoms with E-state index in [0.29, 0.717) is 12.2 Å². The third-order valence-corrected chi connectivity index (χ3v) is 12.6. The van der Waals surface area contributed by atoms with Crippen LogP contribution in [0.1, 0.15) is 79.5 Å². The fraction of sp³-hybridized carbons (Fsp3) is 0.718. The van der Waals surface area contributed by atoms with Crippen molar-refractivity contribution in [3.8, 4) is 22.5 Å². The Labute approximate surface area is 332 Å². The van der Waals surface area contributed by atoms with Gasteiger partial charge in [-0.25, -0.2) is 9.48 Å². The summed E-state index contributed by atoms with van der Waals surface area (Å²) >= 11 is 1.41. The summed E-state index contributed by atoms with van der Waals surface area (Å²) in [6, 6.07) is 2.57. The zero-order chi connectivity index (χ0) is 41.3. The summed E-state index contributed by atoms with van der Waals surface area (Å²) in [6.07, 6.45) is -4.57. The standard InChI is InChI=1S/C39H56N6O10S/c1-12-28-39(8)32(40-37(50)55-39)22(4)29(46)20(2)19-38(7,51-17-13-14-25-15-16-27(56-25)34-41-42-43-45(34)11)33(23(5)30(47)24(6)35(49)53-28)54-36-31(48)26(44(9)10)18-21(3)52-36/h15-16,20-24,26,28,31-33,36,48H,12,17-19H2,1-11H3,(H,40,50)/t20-,21-,22+,23+,24-,26+,28-,31-,32-,33-,36+,38+,39-/m1/s1. The molecule has 16 nitrogen and oxygen atoms in total. The molecule has 0 spiro atoms. The number of cyclic esters (lactones) is 1. The number of ether oxygens (including phenoxy) is 5. The van der Waals surface area contributed by atoms with Crippen LogP contribution in [-0.2, 0) is 45.1 Å². The van der Waals surface area contributed by atoms with Crippen molar-refractivity contribution >= 4 is 35.0 Å². The van der Waals surface area contributed by atoms with Crippen molar-refractivity contribution in [3.63, 3.8) is 0 Å². The molecule has 3 fully saturated rings. The van der Waals surface area contributed by atoms with Gasteiger partial charge < -0.3 is 39.0 Å². The lowest BCUT2D eigenvalue weighted by Gasteiger charge is -2.47. The Morgan fingerprint density at radius 1 is 1.09 bits per heavy atom. The van der Waals surface area contributed by atoms with Crippen LogP contribution in [0.25, 0.3) is 10.7 Å². The molecule has 308 valence electrons. The van der Waals surface area contributed by atoms with Gasteiger partial charge in [0.05, 0.1) is 33.6 Å². The number of tetrazole rings is 1. The quantitative estimate of drug-likeness (QED) is 0.236. The van der Waals surface area contributed by atoms with E-state index in [9.17, 15) is 24.3 Å². The van der Waals surface area contributed by atoms with E-state index in [2.05, 4.69) is 32.7 Å². The van der Waals surface area contributed by atoms with E-state index in [1.165, 1.54) is 18.3 Å². The number of aliphatic hydroxyl groups is 1. The lowest BCUT2D eigenvalue weighted by atomic mass is 9.73. The lowest BCUT2D eigenvalue weighted by molar-refractivity contribution is -0.296. The maximum absolute atomic E-state index is 14.4. The second-order valence-corrected chi connectivity index (χ2v) is 17.1. The highest BCUT2D eigenvalue weighted by atomic mass is 32.1. The smallest absolute Gasteiger partial charge is 0.408 e. The number of aryl methyl sites for hydroxylation is 1.